The van der Waals surface area contributed by atoms with E-state index in [0.717, 1.165) is 12.1 Å². The average Bonchev–Trinajstić information content (AvgIpc) is 2.35. The predicted octanol–water partition coefficient (Wildman–Crippen LogP) is 2.48. The smallest absolute Gasteiger partial charge is 0.213 e. The maximum absolute atomic E-state index is 11.6. The molecule has 0 aromatic heterocycles. The molecule has 0 aliphatic heterocycles. The Morgan fingerprint density at radius 1 is 1.38 bits per heavy atom. The molecule has 0 aliphatic rings. The zero-order valence-electron chi connectivity index (χ0n) is 9.15. The van der Waals surface area contributed by atoms with Gasteiger partial charge in [0.1, 0.15) is 0 Å². The van der Waals surface area contributed by atoms with Gasteiger partial charge in [-0.25, -0.2) is 0 Å². The van der Waals surface area contributed by atoms with E-state index in [1.54, 1.807) is 31.3 Å². The summed E-state index contributed by atoms with van der Waals surface area (Å²) in [6.07, 6.45) is 1.88. The number of halogens is 1. The van der Waals surface area contributed by atoms with Crippen LogP contribution in [0.15, 0.2) is 24.3 Å². The van der Waals surface area contributed by atoms with Crippen LogP contribution in [0.25, 0.3) is 0 Å². The lowest BCUT2D eigenvalue weighted by Crippen LogP contribution is -2.13. The third-order valence-corrected chi connectivity index (χ3v) is 2.56. The van der Waals surface area contributed by atoms with Gasteiger partial charge in [-0.3, -0.25) is 9.59 Å². The molecule has 1 rings (SSSR count). The van der Waals surface area contributed by atoms with E-state index >= 15 is 0 Å². The SMILES string of the molecule is CN(C=O)c1ccc(C(=O)CCCCl)cc1. The van der Waals surface area contributed by atoms with Gasteiger partial charge in [-0.2, -0.15) is 0 Å². The molecule has 0 saturated carbocycles. The third-order valence-electron chi connectivity index (χ3n) is 2.29. The van der Waals surface area contributed by atoms with Crippen LogP contribution in [0.1, 0.15) is 23.2 Å². The van der Waals surface area contributed by atoms with Crippen LogP contribution in [0, 0.1) is 0 Å². The number of Topliss-reactive ketones (excluding diaryl/α,β-unsaturated/α-hetero) is 1. The summed E-state index contributed by atoms with van der Waals surface area (Å²) in [6, 6.07) is 6.96. The van der Waals surface area contributed by atoms with E-state index in [1.807, 2.05) is 0 Å². The Hall–Kier alpha value is -1.35. The van der Waals surface area contributed by atoms with E-state index in [-0.39, 0.29) is 5.78 Å². The standard InChI is InChI=1S/C12H14ClNO2/c1-14(9-15)11-6-4-10(5-7-11)12(16)3-2-8-13/h4-7,9H,2-3,8H2,1H3. The van der Waals surface area contributed by atoms with Crippen molar-refractivity contribution in [3.8, 4) is 0 Å². The van der Waals surface area contributed by atoms with Crippen molar-refractivity contribution in [2.24, 2.45) is 0 Å². The lowest BCUT2D eigenvalue weighted by atomic mass is 10.1. The Morgan fingerprint density at radius 2 is 2.00 bits per heavy atom. The number of alkyl halides is 1. The number of ketones is 1. The first-order valence-electron chi connectivity index (χ1n) is 5.06. The second kappa shape index (κ2) is 6.28. The molecule has 0 heterocycles. The molecule has 0 unspecified atom stereocenters. The van der Waals surface area contributed by atoms with E-state index < -0.39 is 0 Å². The summed E-state index contributed by atoms with van der Waals surface area (Å²) in [5.74, 6) is 0.582. The first-order valence-corrected chi connectivity index (χ1v) is 5.60. The molecule has 1 amide bonds. The highest BCUT2D eigenvalue weighted by Gasteiger charge is 2.06. The lowest BCUT2D eigenvalue weighted by Gasteiger charge is -2.10. The van der Waals surface area contributed by atoms with Crippen molar-refractivity contribution < 1.29 is 9.59 Å². The van der Waals surface area contributed by atoms with E-state index in [9.17, 15) is 9.59 Å². The van der Waals surface area contributed by atoms with Gasteiger partial charge in [0, 0.05) is 30.6 Å². The fourth-order valence-corrected chi connectivity index (χ4v) is 1.45. The second-order valence-electron chi connectivity index (χ2n) is 3.48. The van der Waals surface area contributed by atoms with Crippen LogP contribution < -0.4 is 4.90 Å². The number of rotatable bonds is 6. The first-order chi connectivity index (χ1) is 7.69. The summed E-state index contributed by atoms with van der Waals surface area (Å²) in [7, 11) is 1.66. The van der Waals surface area contributed by atoms with Gasteiger partial charge < -0.3 is 4.90 Å². The zero-order chi connectivity index (χ0) is 12.0. The Balaban J connectivity index is 2.70. The van der Waals surface area contributed by atoms with Crippen LogP contribution in [-0.4, -0.2) is 25.1 Å². The van der Waals surface area contributed by atoms with Gasteiger partial charge in [-0.15, -0.1) is 11.6 Å². The number of hydrogen-bond donors (Lipinski definition) is 0. The van der Waals surface area contributed by atoms with Gasteiger partial charge in [0.05, 0.1) is 0 Å². The fourth-order valence-electron chi connectivity index (χ4n) is 1.32. The number of carbonyl (C=O) groups excluding carboxylic acids is 2. The minimum Gasteiger partial charge on any atom is -0.318 e. The van der Waals surface area contributed by atoms with Crippen molar-refractivity contribution in [3.63, 3.8) is 0 Å². The fraction of sp³-hybridized carbons (Fsp3) is 0.333. The molecular formula is C12H14ClNO2. The largest absolute Gasteiger partial charge is 0.318 e. The molecule has 0 bridgehead atoms. The summed E-state index contributed by atoms with van der Waals surface area (Å²) in [4.78, 5) is 23.6. The Bertz CT molecular complexity index is 362. The quantitative estimate of drug-likeness (QED) is 0.435. The minimum absolute atomic E-state index is 0.0842. The maximum atomic E-state index is 11.6. The van der Waals surface area contributed by atoms with Gasteiger partial charge in [0.25, 0.3) is 0 Å². The van der Waals surface area contributed by atoms with Crippen molar-refractivity contribution in [1.82, 2.24) is 0 Å². The second-order valence-corrected chi connectivity index (χ2v) is 3.86. The summed E-state index contributed by atoms with van der Waals surface area (Å²) in [5.41, 5.74) is 1.43. The molecule has 86 valence electrons. The molecular weight excluding hydrogens is 226 g/mol. The highest BCUT2D eigenvalue weighted by Crippen LogP contribution is 2.14. The molecule has 0 aliphatic carbocycles. The van der Waals surface area contributed by atoms with Crippen LogP contribution in [0.4, 0.5) is 5.69 Å². The van der Waals surface area contributed by atoms with Crippen molar-refractivity contribution in [3.05, 3.63) is 29.8 Å². The number of carbonyl (C=O) groups is 2. The van der Waals surface area contributed by atoms with Crippen LogP contribution in [0.2, 0.25) is 0 Å². The summed E-state index contributed by atoms with van der Waals surface area (Å²) >= 11 is 5.52. The average molecular weight is 240 g/mol. The highest BCUT2D eigenvalue weighted by atomic mass is 35.5. The van der Waals surface area contributed by atoms with Gasteiger partial charge in [0.2, 0.25) is 6.41 Å². The number of amides is 1. The summed E-state index contributed by atoms with van der Waals surface area (Å²) < 4.78 is 0. The first kappa shape index (κ1) is 12.7. The van der Waals surface area contributed by atoms with Gasteiger partial charge in [-0.1, -0.05) is 0 Å². The van der Waals surface area contributed by atoms with Crippen molar-refractivity contribution in [2.45, 2.75) is 12.8 Å². The van der Waals surface area contributed by atoms with Gasteiger partial charge in [-0.05, 0) is 30.7 Å². The molecule has 0 spiro atoms. The molecule has 0 atom stereocenters. The molecule has 0 saturated heterocycles. The summed E-state index contributed by atoms with van der Waals surface area (Å²) in [6.45, 7) is 0. The van der Waals surface area contributed by atoms with Crippen molar-refractivity contribution in [2.75, 3.05) is 17.8 Å². The van der Waals surface area contributed by atoms with Crippen LogP contribution >= 0.6 is 11.6 Å². The monoisotopic (exact) mass is 239 g/mol. The highest BCUT2D eigenvalue weighted by molar-refractivity contribution is 6.18. The molecule has 3 nitrogen and oxygen atoms in total. The van der Waals surface area contributed by atoms with E-state index in [4.69, 9.17) is 11.6 Å². The maximum Gasteiger partial charge on any atom is 0.213 e. The number of nitrogens with zero attached hydrogens (tertiary/aromatic N) is 1. The predicted molar refractivity (Wildman–Crippen MR) is 65.2 cm³/mol. The number of hydrogen-bond acceptors (Lipinski definition) is 2. The van der Waals surface area contributed by atoms with Crippen molar-refractivity contribution in [1.29, 1.82) is 0 Å². The normalized spacial score (nSPS) is 9.88. The van der Waals surface area contributed by atoms with Gasteiger partial charge >= 0.3 is 0 Å². The van der Waals surface area contributed by atoms with Crippen LogP contribution in [0.3, 0.4) is 0 Å². The van der Waals surface area contributed by atoms with Crippen molar-refractivity contribution >= 4 is 29.5 Å². The Kier molecular flexibility index (Phi) is 4.99. The van der Waals surface area contributed by atoms with E-state index in [1.165, 1.54) is 4.90 Å². The third kappa shape index (κ3) is 3.35. The number of anilines is 1. The molecule has 1 aromatic carbocycles. The molecule has 0 fully saturated rings. The summed E-state index contributed by atoms with van der Waals surface area (Å²) in [5, 5.41) is 0. The van der Waals surface area contributed by atoms with Crippen LogP contribution in [0.5, 0.6) is 0 Å². The lowest BCUT2D eigenvalue weighted by molar-refractivity contribution is -0.107. The molecule has 16 heavy (non-hydrogen) atoms. The van der Waals surface area contributed by atoms with E-state index in [2.05, 4.69) is 0 Å². The molecule has 1 aromatic rings. The van der Waals surface area contributed by atoms with Crippen LogP contribution in [-0.2, 0) is 4.79 Å². The van der Waals surface area contributed by atoms with E-state index in [0.29, 0.717) is 24.3 Å². The molecule has 0 N–H and O–H groups in total. The number of benzene rings is 1. The zero-order valence-corrected chi connectivity index (χ0v) is 9.91. The Labute approximate surface area is 100 Å². The Morgan fingerprint density at radius 3 is 2.50 bits per heavy atom. The molecule has 0 radical (unpaired) electrons. The minimum atomic E-state index is 0.0842. The topological polar surface area (TPSA) is 37.4 Å². The molecule has 4 heteroatoms. The van der Waals surface area contributed by atoms with Gasteiger partial charge in [0.15, 0.2) is 5.78 Å².